The number of alkyl halides is 5. The molecule has 1 fully saturated rings. The lowest BCUT2D eigenvalue weighted by atomic mass is 10.1. The maximum Gasteiger partial charge on any atom is 0.417 e. The van der Waals surface area contributed by atoms with Gasteiger partial charge in [0.15, 0.2) is 6.04 Å². The maximum absolute atomic E-state index is 14.8. The van der Waals surface area contributed by atoms with Crippen LogP contribution in [0.4, 0.5) is 33.5 Å². The van der Waals surface area contributed by atoms with Gasteiger partial charge in [-0.1, -0.05) is 12.1 Å². The number of pyridine rings is 1. The van der Waals surface area contributed by atoms with E-state index in [1.54, 1.807) is 31.2 Å². The molecule has 2 heterocycles. The van der Waals surface area contributed by atoms with Gasteiger partial charge in [0, 0.05) is 31.4 Å². The number of hydrogen-bond donors (Lipinski definition) is 0. The Kier molecular flexibility index (Phi) is 5.65. The van der Waals surface area contributed by atoms with Crippen molar-refractivity contribution in [3.63, 3.8) is 0 Å². The van der Waals surface area contributed by atoms with E-state index in [0.29, 0.717) is 11.8 Å². The first-order valence-corrected chi connectivity index (χ1v) is 9.34. The zero-order valence-corrected chi connectivity index (χ0v) is 17.0. The second kappa shape index (κ2) is 7.80. The highest BCUT2D eigenvalue weighted by Gasteiger charge is 2.55. The Hall–Kier alpha value is -3.22. The third kappa shape index (κ3) is 4.17. The van der Waals surface area contributed by atoms with Crippen molar-refractivity contribution in [3.05, 3.63) is 52.7 Å². The Bertz CT molecular complexity index is 1060. The Morgan fingerprint density at radius 1 is 1.29 bits per heavy atom. The summed E-state index contributed by atoms with van der Waals surface area (Å²) < 4.78 is 70.0. The molecule has 0 unspecified atom stereocenters. The van der Waals surface area contributed by atoms with Gasteiger partial charge < -0.3 is 9.80 Å². The van der Waals surface area contributed by atoms with Crippen LogP contribution in [0.3, 0.4) is 0 Å². The average Bonchev–Trinajstić information content (AvgIpc) is 3.00. The van der Waals surface area contributed by atoms with Crippen LogP contribution in [0.1, 0.15) is 28.8 Å². The Balaban J connectivity index is 2.11. The number of amides is 1. The lowest BCUT2D eigenvalue weighted by Crippen LogP contribution is -2.52. The van der Waals surface area contributed by atoms with E-state index in [9.17, 15) is 32.0 Å². The fraction of sp³-hybridized carbons (Fsp3) is 0.381. The van der Waals surface area contributed by atoms with E-state index < -0.39 is 54.0 Å². The number of anilines is 2. The van der Waals surface area contributed by atoms with Crippen LogP contribution in [-0.2, 0) is 11.0 Å². The molecule has 0 spiro atoms. The summed E-state index contributed by atoms with van der Waals surface area (Å²) in [4.78, 5) is 18.9. The molecule has 5 nitrogen and oxygen atoms in total. The Labute approximate surface area is 175 Å². The SMILES string of the molecule is Cc1cccc(N(C)C(=O)[C@H]2N(c3nc(C)cc(C(F)(F)F)c3C#N)CCC2(F)F)c1. The molecule has 0 N–H and O–H groups in total. The summed E-state index contributed by atoms with van der Waals surface area (Å²) in [6.07, 6.45) is -5.64. The Morgan fingerprint density at radius 3 is 2.55 bits per heavy atom. The summed E-state index contributed by atoms with van der Waals surface area (Å²) in [6, 6.07) is 6.65. The number of aromatic nitrogens is 1. The number of nitrogens with zero attached hydrogens (tertiary/aromatic N) is 4. The highest BCUT2D eigenvalue weighted by Crippen LogP contribution is 2.42. The minimum atomic E-state index is -4.88. The first-order chi connectivity index (χ1) is 14.4. The molecule has 0 radical (unpaired) electrons. The van der Waals surface area contributed by atoms with E-state index >= 15 is 0 Å². The number of carbonyl (C=O) groups is 1. The lowest BCUT2D eigenvalue weighted by molar-refractivity contribution is -0.137. The normalized spacial score (nSPS) is 18.0. The van der Waals surface area contributed by atoms with Crippen molar-refractivity contribution in [2.75, 3.05) is 23.4 Å². The van der Waals surface area contributed by atoms with Gasteiger partial charge in [0.25, 0.3) is 11.8 Å². The number of aryl methyl sites for hydroxylation is 2. The van der Waals surface area contributed by atoms with E-state index in [4.69, 9.17) is 0 Å². The molecule has 164 valence electrons. The van der Waals surface area contributed by atoms with Gasteiger partial charge >= 0.3 is 6.18 Å². The van der Waals surface area contributed by atoms with Crippen LogP contribution in [0.2, 0.25) is 0 Å². The van der Waals surface area contributed by atoms with Crippen LogP contribution in [0.25, 0.3) is 0 Å². The summed E-state index contributed by atoms with van der Waals surface area (Å²) in [5, 5.41) is 9.39. The third-order valence-electron chi connectivity index (χ3n) is 5.17. The number of nitriles is 1. The number of rotatable bonds is 3. The minimum absolute atomic E-state index is 0.102. The van der Waals surface area contributed by atoms with Crippen molar-refractivity contribution in [2.45, 2.75) is 38.4 Å². The quantitative estimate of drug-likeness (QED) is 0.664. The average molecular weight is 438 g/mol. The molecule has 0 bridgehead atoms. The van der Waals surface area contributed by atoms with Gasteiger partial charge in [-0.05, 0) is 37.6 Å². The standard InChI is InChI=1S/C21H19F5N4O/c1-12-5-4-6-14(9-12)29(3)19(31)17-20(22,23)7-8-30(17)18-15(11-27)16(21(24,25)26)10-13(2)28-18/h4-6,9-10,17H,7-8H2,1-3H3/t17-/m1/s1. The van der Waals surface area contributed by atoms with Crippen LogP contribution in [0.5, 0.6) is 0 Å². The van der Waals surface area contributed by atoms with E-state index in [0.717, 1.165) is 15.4 Å². The Morgan fingerprint density at radius 2 is 1.97 bits per heavy atom. The molecule has 1 aromatic carbocycles. The van der Waals surface area contributed by atoms with Crippen molar-refractivity contribution in [1.29, 1.82) is 5.26 Å². The van der Waals surface area contributed by atoms with Gasteiger partial charge in [-0.3, -0.25) is 4.79 Å². The van der Waals surface area contributed by atoms with Crippen LogP contribution >= 0.6 is 0 Å². The molecular weight excluding hydrogens is 419 g/mol. The maximum atomic E-state index is 14.8. The predicted octanol–water partition coefficient (Wildman–Crippen LogP) is 4.47. The molecular formula is C21H19F5N4O. The number of hydrogen-bond acceptors (Lipinski definition) is 4. The monoisotopic (exact) mass is 438 g/mol. The van der Waals surface area contributed by atoms with Crippen LogP contribution in [0.15, 0.2) is 30.3 Å². The summed E-state index contributed by atoms with van der Waals surface area (Å²) in [5.74, 6) is -5.09. The molecule has 0 saturated carbocycles. The van der Waals surface area contributed by atoms with Crippen molar-refractivity contribution in [1.82, 2.24) is 4.98 Å². The molecule has 1 amide bonds. The second-order valence-electron chi connectivity index (χ2n) is 7.46. The van der Waals surface area contributed by atoms with E-state index in [1.165, 1.54) is 20.0 Å². The molecule has 2 aromatic rings. The van der Waals surface area contributed by atoms with Gasteiger partial charge in [-0.25, -0.2) is 13.8 Å². The molecule has 1 aromatic heterocycles. The molecule has 1 saturated heterocycles. The fourth-order valence-corrected chi connectivity index (χ4v) is 3.65. The molecule has 0 aliphatic carbocycles. The van der Waals surface area contributed by atoms with Gasteiger partial charge in [-0.15, -0.1) is 0 Å². The molecule has 1 aliphatic heterocycles. The smallest absolute Gasteiger partial charge is 0.338 e. The summed E-state index contributed by atoms with van der Waals surface area (Å²) in [6.45, 7) is 2.62. The highest BCUT2D eigenvalue weighted by atomic mass is 19.4. The first kappa shape index (κ1) is 22.5. The molecule has 10 heteroatoms. The predicted molar refractivity (Wildman–Crippen MR) is 104 cm³/mol. The van der Waals surface area contributed by atoms with E-state index in [1.807, 2.05) is 0 Å². The van der Waals surface area contributed by atoms with E-state index in [2.05, 4.69) is 4.98 Å². The zero-order chi connectivity index (χ0) is 23.1. The molecule has 1 aliphatic rings. The second-order valence-corrected chi connectivity index (χ2v) is 7.46. The molecule has 3 rings (SSSR count). The number of likely N-dealkylation sites (N-methyl/N-ethyl adjacent to an activating group) is 1. The highest BCUT2D eigenvalue weighted by molar-refractivity contribution is 6.00. The van der Waals surface area contributed by atoms with Crippen molar-refractivity contribution < 1.29 is 26.7 Å². The van der Waals surface area contributed by atoms with Crippen LogP contribution < -0.4 is 9.80 Å². The van der Waals surface area contributed by atoms with Crippen molar-refractivity contribution in [2.24, 2.45) is 0 Å². The van der Waals surface area contributed by atoms with Gasteiger partial charge in [0.2, 0.25) is 0 Å². The fourth-order valence-electron chi connectivity index (χ4n) is 3.65. The van der Waals surface area contributed by atoms with Crippen LogP contribution in [-0.4, -0.2) is 36.4 Å². The summed E-state index contributed by atoms with van der Waals surface area (Å²) in [7, 11) is 1.32. The lowest BCUT2D eigenvalue weighted by Gasteiger charge is -2.32. The number of halogens is 5. The first-order valence-electron chi connectivity index (χ1n) is 9.34. The zero-order valence-electron chi connectivity index (χ0n) is 17.0. The number of benzene rings is 1. The summed E-state index contributed by atoms with van der Waals surface area (Å²) >= 11 is 0. The van der Waals surface area contributed by atoms with Gasteiger partial charge in [-0.2, -0.15) is 18.4 Å². The minimum Gasteiger partial charge on any atom is -0.338 e. The van der Waals surface area contributed by atoms with Crippen molar-refractivity contribution >= 4 is 17.4 Å². The van der Waals surface area contributed by atoms with Crippen molar-refractivity contribution in [3.8, 4) is 6.07 Å². The number of carbonyl (C=O) groups excluding carboxylic acids is 1. The molecule has 31 heavy (non-hydrogen) atoms. The third-order valence-corrected chi connectivity index (χ3v) is 5.17. The summed E-state index contributed by atoms with van der Waals surface area (Å²) in [5.41, 5.74) is -1.09. The van der Waals surface area contributed by atoms with Gasteiger partial charge in [0.05, 0.1) is 5.56 Å². The van der Waals surface area contributed by atoms with E-state index in [-0.39, 0.29) is 5.69 Å². The van der Waals surface area contributed by atoms with Gasteiger partial charge in [0.1, 0.15) is 17.5 Å². The van der Waals surface area contributed by atoms with Crippen LogP contribution in [0, 0.1) is 25.2 Å². The molecule has 1 atom stereocenters. The topological polar surface area (TPSA) is 60.2 Å². The largest absolute Gasteiger partial charge is 0.417 e.